The predicted octanol–water partition coefficient (Wildman–Crippen LogP) is 0.195. The summed E-state index contributed by atoms with van der Waals surface area (Å²) < 4.78 is 1.02. The fourth-order valence-corrected chi connectivity index (χ4v) is 3.97. The van der Waals surface area contributed by atoms with Crippen molar-refractivity contribution in [2.45, 2.75) is 25.3 Å². The Morgan fingerprint density at radius 3 is 2.52 bits per heavy atom. The van der Waals surface area contributed by atoms with Crippen LogP contribution in [0.25, 0.3) is 22.6 Å². The lowest BCUT2D eigenvalue weighted by Crippen LogP contribution is -2.46. The molecule has 4 rings (SSSR count). The minimum Gasteiger partial charge on any atom is -0.367 e. The van der Waals surface area contributed by atoms with Crippen molar-refractivity contribution in [1.29, 1.82) is 0 Å². The third kappa shape index (κ3) is 4.98. The number of amides is 1. The molecule has 11 heteroatoms. The molecule has 1 fully saturated rings. The first-order chi connectivity index (χ1) is 16.0. The molecule has 3 aromatic heterocycles. The number of piperidine rings is 1. The van der Waals surface area contributed by atoms with Crippen LogP contribution in [-0.2, 0) is 4.79 Å². The number of nitrogens with zero attached hydrogens (tertiary/aromatic N) is 6. The zero-order chi connectivity index (χ0) is 23.4. The van der Waals surface area contributed by atoms with E-state index in [4.69, 9.17) is 5.73 Å². The van der Waals surface area contributed by atoms with Gasteiger partial charge in [-0.05, 0) is 18.9 Å². The van der Waals surface area contributed by atoms with Gasteiger partial charge in [-0.25, -0.2) is 19.7 Å². The van der Waals surface area contributed by atoms with Gasteiger partial charge in [0.15, 0.2) is 0 Å². The highest BCUT2D eigenvalue weighted by Gasteiger charge is 2.27. The lowest BCUT2D eigenvalue weighted by atomic mass is 10.0. The summed E-state index contributed by atoms with van der Waals surface area (Å²) >= 11 is 0. The molecule has 0 bridgehead atoms. The van der Waals surface area contributed by atoms with Crippen LogP contribution in [0.2, 0.25) is 0 Å². The zero-order valence-electron chi connectivity index (χ0n) is 18.4. The van der Waals surface area contributed by atoms with Gasteiger partial charge in [0, 0.05) is 85.9 Å². The van der Waals surface area contributed by atoms with Gasteiger partial charge in [-0.15, -0.1) is 0 Å². The van der Waals surface area contributed by atoms with E-state index in [2.05, 4.69) is 24.8 Å². The number of hydrogen-bond acceptors (Lipinski definition) is 8. The van der Waals surface area contributed by atoms with Gasteiger partial charge in [0.2, 0.25) is 17.9 Å². The first kappa shape index (κ1) is 22.3. The number of rotatable bonds is 6. The van der Waals surface area contributed by atoms with Crippen molar-refractivity contribution in [3.8, 4) is 22.6 Å². The van der Waals surface area contributed by atoms with Crippen LogP contribution in [-0.4, -0.2) is 68.7 Å². The summed E-state index contributed by atoms with van der Waals surface area (Å²) in [5.74, 6) is 0.471. The van der Waals surface area contributed by atoms with Crippen LogP contribution in [0.4, 0.5) is 5.69 Å². The maximum absolute atomic E-state index is 12.0. The van der Waals surface area contributed by atoms with Crippen LogP contribution in [0, 0.1) is 0 Å². The molecule has 3 aromatic rings. The van der Waals surface area contributed by atoms with E-state index in [-0.39, 0.29) is 11.9 Å². The molecule has 0 unspecified atom stereocenters. The van der Waals surface area contributed by atoms with E-state index in [1.165, 1.54) is 6.20 Å². The van der Waals surface area contributed by atoms with Crippen molar-refractivity contribution in [3.05, 3.63) is 53.6 Å². The number of hydrogen-bond donors (Lipinski definition) is 3. The van der Waals surface area contributed by atoms with Crippen LogP contribution < -0.4 is 21.1 Å². The molecule has 1 saturated heterocycles. The second-order valence-corrected chi connectivity index (χ2v) is 7.98. The number of nitrogens with two attached hydrogens (primary N) is 1. The molecular weight excluding hydrogens is 424 g/mol. The molecule has 4 N–H and O–H groups in total. The second kappa shape index (κ2) is 9.74. The maximum atomic E-state index is 12.0. The van der Waals surface area contributed by atoms with Crippen LogP contribution >= 0.6 is 0 Å². The summed E-state index contributed by atoms with van der Waals surface area (Å²) in [7, 11) is 1.99. The average Bonchev–Trinajstić information content (AvgIpc) is 2.84. The average molecular weight is 452 g/mol. The molecule has 172 valence electrons. The van der Waals surface area contributed by atoms with Crippen LogP contribution in [0.15, 0.2) is 47.9 Å². The Hall–Kier alpha value is -3.86. The van der Waals surface area contributed by atoms with E-state index in [0.29, 0.717) is 48.7 Å². The molecule has 0 spiro atoms. The van der Waals surface area contributed by atoms with Crippen molar-refractivity contribution >= 4 is 11.6 Å². The fourth-order valence-electron chi connectivity index (χ4n) is 3.97. The Morgan fingerprint density at radius 2 is 1.91 bits per heavy atom. The summed E-state index contributed by atoms with van der Waals surface area (Å²) in [4.78, 5) is 42.0. The summed E-state index contributed by atoms with van der Waals surface area (Å²) in [6.45, 7) is 1.78. The van der Waals surface area contributed by atoms with Crippen molar-refractivity contribution in [2.24, 2.45) is 5.73 Å². The SMILES string of the molecule is CN(c1ccc(-c2ncc(-c3cnc(=O)[nH]c3)cn2)[n+](O)c1)C1CCN(C(=O)CCN)CC1. The normalized spacial score (nSPS) is 14.3. The minimum atomic E-state index is -0.423. The Bertz CT molecular complexity index is 1150. The Kier molecular flexibility index (Phi) is 6.59. The van der Waals surface area contributed by atoms with Gasteiger partial charge in [-0.2, -0.15) is 0 Å². The number of pyridine rings is 1. The fraction of sp³-hybridized carbons (Fsp3) is 0.364. The van der Waals surface area contributed by atoms with E-state index in [1.54, 1.807) is 30.9 Å². The zero-order valence-corrected chi connectivity index (χ0v) is 18.4. The van der Waals surface area contributed by atoms with E-state index < -0.39 is 5.69 Å². The number of likely N-dealkylation sites (tertiary alicyclic amines) is 1. The molecule has 0 aliphatic carbocycles. The second-order valence-electron chi connectivity index (χ2n) is 7.98. The molecule has 1 amide bonds. The quantitative estimate of drug-likeness (QED) is 0.356. The molecule has 1 aliphatic heterocycles. The third-order valence-corrected chi connectivity index (χ3v) is 5.93. The number of carbonyl (C=O) groups is 1. The van der Waals surface area contributed by atoms with E-state index >= 15 is 0 Å². The first-order valence-electron chi connectivity index (χ1n) is 10.8. The number of aromatic nitrogens is 5. The standard InChI is InChI=1S/C22H26N8O3/c1-28(17-5-8-29(9-6-17)20(31)4-7-23)18-2-3-19(30(33)14-18)21-24-10-15(11-25-21)16-12-26-22(32)27-13-16/h2-3,10-14,17,33H,4-9,23H2,1H3/p+1. The van der Waals surface area contributed by atoms with Gasteiger partial charge in [0.1, 0.15) is 5.69 Å². The van der Waals surface area contributed by atoms with Crippen molar-refractivity contribution in [3.63, 3.8) is 0 Å². The molecule has 1 aliphatic rings. The Labute approximate surface area is 190 Å². The van der Waals surface area contributed by atoms with E-state index in [9.17, 15) is 14.8 Å². The number of aromatic amines is 1. The van der Waals surface area contributed by atoms with Gasteiger partial charge in [-0.3, -0.25) is 10.0 Å². The van der Waals surface area contributed by atoms with Gasteiger partial charge >= 0.3 is 11.4 Å². The van der Waals surface area contributed by atoms with Crippen LogP contribution in [0.5, 0.6) is 0 Å². The number of H-pyrrole nitrogens is 1. The summed E-state index contributed by atoms with van der Waals surface area (Å²) in [6.07, 6.45) is 9.93. The Morgan fingerprint density at radius 1 is 1.21 bits per heavy atom. The molecule has 33 heavy (non-hydrogen) atoms. The van der Waals surface area contributed by atoms with Crippen LogP contribution in [0.3, 0.4) is 0 Å². The van der Waals surface area contributed by atoms with Gasteiger partial charge in [-0.1, -0.05) is 0 Å². The third-order valence-electron chi connectivity index (χ3n) is 5.93. The molecule has 4 heterocycles. The molecule has 0 aromatic carbocycles. The largest absolute Gasteiger partial charge is 0.367 e. The summed E-state index contributed by atoms with van der Waals surface area (Å²) in [5, 5.41) is 10.6. The monoisotopic (exact) mass is 451 g/mol. The van der Waals surface area contributed by atoms with Gasteiger partial charge in [0.05, 0.1) is 0 Å². The van der Waals surface area contributed by atoms with E-state index in [1.807, 2.05) is 18.0 Å². The highest BCUT2D eigenvalue weighted by molar-refractivity contribution is 5.76. The first-order valence-corrected chi connectivity index (χ1v) is 10.8. The number of anilines is 1. The molecule has 0 atom stereocenters. The topological polar surface area (TPSA) is 145 Å². The number of carbonyl (C=O) groups excluding carboxylic acids is 1. The summed E-state index contributed by atoms with van der Waals surface area (Å²) in [6, 6.07) is 3.94. The molecule has 0 saturated carbocycles. The van der Waals surface area contributed by atoms with Crippen molar-refractivity contribution in [1.82, 2.24) is 24.8 Å². The molecular formula is C22H27N8O3+. The Balaban J connectivity index is 1.44. The molecule has 0 radical (unpaired) electrons. The van der Waals surface area contributed by atoms with E-state index in [0.717, 1.165) is 23.3 Å². The predicted molar refractivity (Wildman–Crippen MR) is 120 cm³/mol. The number of nitrogens with one attached hydrogen (secondary N) is 1. The summed E-state index contributed by atoms with van der Waals surface area (Å²) in [5.41, 5.74) is 7.74. The van der Waals surface area contributed by atoms with Gasteiger partial charge < -0.3 is 20.5 Å². The maximum Gasteiger partial charge on any atom is 0.344 e. The highest BCUT2D eigenvalue weighted by atomic mass is 16.5. The molecule has 11 nitrogen and oxygen atoms in total. The van der Waals surface area contributed by atoms with Gasteiger partial charge in [0.25, 0.3) is 0 Å². The van der Waals surface area contributed by atoms with Crippen molar-refractivity contribution in [2.75, 3.05) is 31.6 Å². The lowest BCUT2D eigenvalue weighted by molar-refractivity contribution is -0.896. The highest BCUT2D eigenvalue weighted by Crippen LogP contribution is 2.23. The van der Waals surface area contributed by atoms with Crippen molar-refractivity contribution < 1.29 is 14.7 Å². The lowest BCUT2D eigenvalue weighted by Gasteiger charge is -2.37. The smallest absolute Gasteiger partial charge is 0.344 e. The van der Waals surface area contributed by atoms with Crippen LogP contribution in [0.1, 0.15) is 19.3 Å². The minimum absolute atomic E-state index is 0.110.